The van der Waals surface area contributed by atoms with Crippen molar-refractivity contribution in [3.63, 3.8) is 0 Å². The molecule has 0 bridgehead atoms. The largest absolute Gasteiger partial charge is 0.381 e. The van der Waals surface area contributed by atoms with Crippen LogP contribution in [-0.4, -0.2) is 35.5 Å². The second kappa shape index (κ2) is 10.0. The first kappa shape index (κ1) is 22.7. The minimum atomic E-state index is -0.166. The molecule has 0 saturated carbocycles. The van der Waals surface area contributed by atoms with Gasteiger partial charge in [0.05, 0.1) is 11.7 Å². The summed E-state index contributed by atoms with van der Waals surface area (Å²) in [5.41, 5.74) is 6.10. The van der Waals surface area contributed by atoms with Crippen LogP contribution in [0.3, 0.4) is 0 Å². The summed E-state index contributed by atoms with van der Waals surface area (Å²) in [5, 5.41) is 1.83. The molecule has 1 aliphatic rings. The van der Waals surface area contributed by atoms with Crippen LogP contribution in [0.25, 0.3) is 22.2 Å². The number of ether oxygens (including phenoxy) is 1. The van der Waals surface area contributed by atoms with Crippen molar-refractivity contribution in [2.45, 2.75) is 32.2 Å². The highest BCUT2D eigenvalue weighted by Gasteiger charge is 2.39. The number of aromatic nitrogens is 1. The number of nitrogens with one attached hydrogen (secondary N) is 1. The predicted octanol–water partition coefficient (Wildman–Crippen LogP) is 7.24. The number of amides is 1. The zero-order valence-electron chi connectivity index (χ0n) is 19.4. The van der Waals surface area contributed by atoms with E-state index in [1.54, 1.807) is 0 Å². The Morgan fingerprint density at radius 3 is 2.50 bits per heavy atom. The van der Waals surface area contributed by atoms with Gasteiger partial charge in [-0.1, -0.05) is 73.5 Å². The highest BCUT2D eigenvalue weighted by Crippen LogP contribution is 2.45. The van der Waals surface area contributed by atoms with Crippen LogP contribution in [-0.2, 0) is 4.74 Å². The second-order valence-electron chi connectivity index (χ2n) is 8.77. The van der Waals surface area contributed by atoms with Crippen molar-refractivity contribution in [1.29, 1.82) is 0 Å². The summed E-state index contributed by atoms with van der Waals surface area (Å²) in [7, 11) is 0. The summed E-state index contributed by atoms with van der Waals surface area (Å²) >= 11 is 6.18. The Kier molecular flexibility index (Phi) is 6.70. The monoisotopic (exact) mass is 472 g/mol. The number of H-pyrrole nitrogens is 1. The van der Waals surface area contributed by atoms with Crippen molar-refractivity contribution in [3.8, 4) is 11.3 Å². The maximum absolute atomic E-state index is 13.6. The molecule has 0 saturated heterocycles. The van der Waals surface area contributed by atoms with E-state index in [0.717, 1.165) is 64.7 Å². The van der Waals surface area contributed by atoms with E-state index in [9.17, 15) is 4.79 Å². The van der Waals surface area contributed by atoms with Gasteiger partial charge in [0.25, 0.3) is 5.91 Å². The molecule has 0 radical (unpaired) electrons. The van der Waals surface area contributed by atoms with Gasteiger partial charge in [-0.25, -0.2) is 0 Å². The molecule has 5 rings (SSSR count). The number of nitrogens with zero attached hydrogens (tertiary/aromatic N) is 1. The molecule has 1 atom stereocenters. The fourth-order valence-electron chi connectivity index (χ4n) is 4.89. The Bertz CT molecular complexity index is 1300. The van der Waals surface area contributed by atoms with Gasteiger partial charge in [-0.3, -0.25) is 4.79 Å². The van der Waals surface area contributed by atoms with Crippen molar-refractivity contribution >= 4 is 28.4 Å². The van der Waals surface area contributed by atoms with E-state index in [2.05, 4.69) is 36.2 Å². The number of hydrogen-bond donors (Lipinski definition) is 1. The summed E-state index contributed by atoms with van der Waals surface area (Å²) in [4.78, 5) is 19.2. The Morgan fingerprint density at radius 1 is 0.941 bits per heavy atom. The summed E-state index contributed by atoms with van der Waals surface area (Å²) in [6.07, 6.45) is 2.99. The summed E-state index contributed by atoms with van der Waals surface area (Å²) in [5.74, 6) is 0.0847. The van der Waals surface area contributed by atoms with E-state index in [1.807, 2.05) is 53.4 Å². The Balaban J connectivity index is 1.58. The number of carbonyl (C=O) groups excluding carboxylic acids is 1. The van der Waals surface area contributed by atoms with Crippen LogP contribution in [0.4, 0.5) is 0 Å². The normalized spacial score (nSPS) is 15.3. The quantitative estimate of drug-likeness (QED) is 0.261. The van der Waals surface area contributed by atoms with Crippen LogP contribution in [0.15, 0.2) is 72.8 Å². The van der Waals surface area contributed by atoms with Gasteiger partial charge in [-0.15, -0.1) is 0 Å². The first-order chi connectivity index (χ1) is 16.7. The molecule has 4 nitrogen and oxygen atoms in total. The van der Waals surface area contributed by atoms with E-state index in [1.165, 1.54) is 0 Å². The number of benzene rings is 3. The number of aromatic amines is 1. The number of rotatable bonds is 9. The molecule has 5 heteroatoms. The van der Waals surface area contributed by atoms with Gasteiger partial charge in [0.2, 0.25) is 0 Å². The lowest BCUT2D eigenvalue weighted by Gasteiger charge is -2.27. The third-order valence-corrected chi connectivity index (χ3v) is 6.79. The van der Waals surface area contributed by atoms with Crippen LogP contribution >= 0.6 is 11.6 Å². The van der Waals surface area contributed by atoms with E-state index < -0.39 is 0 Å². The molecule has 1 aliphatic heterocycles. The van der Waals surface area contributed by atoms with Crippen LogP contribution < -0.4 is 0 Å². The van der Waals surface area contributed by atoms with Gasteiger partial charge in [0.1, 0.15) is 0 Å². The SMILES string of the molecule is CCCCOCCCN1C(=O)c2ccccc2[C@@H]1c1c(-c2ccc(Cl)cc2)[nH]c2ccccc12. The molecule has 2 heterocycles. The van der Waals surface area contributed by atoms with Crippen LogP contribution in [0.1, 0.15) is 53.7 Å². The number of fused-ring (bicyclic) bond motifs is 2. The van der Waals surface area contributed by atoms with Gasteiger partial charge >= 0.3 is 0 Å². The summed E-state index contributed by atoms with van der Waals surface area (Å²) in [6, 6.07) is 24.0. The number of hydrogen-bond acceptors (Lipinski definition) is 2. The fraction of sp³-hybridized carbons (Fsp3) is 0.276. The minimum absolute atomic E-state index is 0.0847. The van der Waals surface area contributed by atoms with E-state index in [4.69, 9.17) is 16.3 Å². The molecule has 3 aromatic carbocycles. The van der Waals surface area contributed by atoms with Crippen molar-refractivity contribution in [2.75, 3.05) is 19.8 Å². The zero-order valence-corrected chi connectivity index (χ0v) is 20.1. The van der Waals surface area contributed by atoms with Gasteiger partial charge in [-0.2, -0.15) is 0 Å². The molecular weight excluding hydrogens is 444 g/mol. The second-order valence-corrected chi connectivity index (χ2v) is 9.21. The highest BCUT2D eigenvalue weighted by molar-refractivity contribution is 6.30. The number of para-hydroxylation sites is 1. The van der Waals surface area contributed by atoms with Gasteiger partial charge in [-0.05, 0) is 48.2 Å². The van der Waals surface area contributed by atoms with Crippen molar-refractivity contribution < 1.29 is 9.53 Å². The smallest absolute Gasteiger partial charge is 0.255 e. The lowest BCUT2D eigenvalue weighted by Crippen LogP contribution is -2.30. The molecule has 4 aromatic rings. The number of halogens is 1. The first-order valence-corrected chi connectivity index (χ1v) is 12.4. The molecular formula is C29H29ClN2O2. The van der Waals surface area contributed by atoms with Gasteiger partial charge < -0.3 is 14.6 Å². The molecule has 34 heavy (non-hydrogen) atoms. The Labute approximate surface area is 205 Å². The average molecular weight is 473 g/mol. The van der Waals surface area contributed by atoms with Crippen LogP contribution in [0.5, 0.6) is 0 Å². The molecule has 0 unspecified atom stereocenters. The van der Waals surface area contributed by atoms with Crippen molar-refractivity contribution in [1.82, 2.24) is 9.88 Å². The third-order valence-electron chi connectivity index (χ3n) is 6.54. The van der Waals surface area contributed by atoms with Gasteiger partial charge in [0.15, 0.2) is 0 Å². The lowest BCUT2D eigenvalue weighted by atomic mass is 9.93. The number of carbonyl (C=O) groups is 1. The van der Waals surface area contributed by atoms with E-state index in [-0.39, 0.29) is 11.9 Å². The van der Waals surface area contributed by atoms with Crippen molar-refractivity contribution in [2.24, 2.45) is 0 Å². The maximum atomic E-state index is 13.6. The molecule has 0 fully saturated rings. The Morgan fingerprint density at radius 2 is 1.68 bits per heavy atom. The van der Waals surface area contributed by atoms with Crippen LogP contribution in [0, 0.1) is 0 Å². The topological polar surface area (TPSA) is 45.3 Å². The lowest BCUT2D eigenvalue weighted by molar-refractivity contribution is 0.0710. The zero-order chi connectivity index (χ0) is 23.5. The average Bonchev–Trinajstić information content (AvgIpc) is 3.37. The standard InChI is InChI=1S/C29H29ClN2O2/c1-2-3-18-34-19-8-17-32-28(22-9-4-5-10-23(22)29(32)33)26-24-11-6-7-12-25(24)31-27(26)20-13-15-21(30)16-14-20/h4-7,9-16,28,31H,2-3,8,17-19H2,1H3/t28-/m1/s1. The summed E-state index contributed by atoms with van der Waals surface area (Å²) in [6.45, 7) is 4.24. The Hall–Kier alpha value is -3.08. The molecule has 1 amide bonds. The predicted molar refractivity (Wildman–Crippen MR) is 138 cm³/mol. The highest BCUT2D eigenvalue weighted by atomic mass is 35.5. The first-order valence-electron chi connectivity index (χ1n) is 12.0. The minimum Gasteiger partial charge on any atom is -0.381 e. The third kappa shape index (κ3) is 4.24. The molecule has 1 aromatic heterocycles. The summed E-state index contributed by atoms with van der Waals surface area (Å²) < 4.78 is 5.79. The van der Waals surface area contributed by atoms with E-state index >= 15 is 0 Å². The van der Waals surface area contributed by atoms with E-state index in [0.29, 0.717) is 18.2 Å². The van der Waals surface area contributed by atoms with Crippen molar-refractivity contribution in [3.05, 3.63) is 94.5 Å². The molecule has 1 N–H and O–H groups in total. The van der Waals surface area contributed by atoms with Gasteiger partial charge in [0, 0.05) is 46.8 Å². The maximum Gasteiger partial charge on any atom is 0.255 e. The molecule has 174 valence electrons. The number of unbranched alkanes of at least 4 members (excludes halogenated alkanes) is 1. The fourth-order valence-corrected chi connectivity index (χ4v) is 5.02. The molecule has 0 spiro atoms. The van der Waals surface area contributed by atoms with Crippen LogP contribution in [0.2, 0.25) is 5.02 Å². The molecule has 0 aliphatic carbocycles.